The molecule has 20 heavy (non-hydrogen) atoms. The van der Waals surface area contributed by atoms with Crippen LogP contribution in [-0.2, 0) is 10.8 Å². The maximum absolute atomic E-state index is 12.1. The summed E-state index contributed by atoms with van der Waals surface area (Å²) in [5, 5.41) is 2.95. The van der Waals surface area contributed by atoms with Crippen molar-refractivity contribution in [1.82, 2.24) is 5.32 Å². The molecular weight excluding hydrogens is 270 g/mol. The van der Waals surface area contributed by atoms with E-state index in [0.29, 0.717) is 5.56 Å². The fourth-order valence-corrected chi connectivity index (χ4v) is 2.42. The van der Waals surface area contributed by atoms with Gasteiger partial charge >= 0.3 is 0 Å². The van der Waals surface area contributed by atoms with Gasteiger partial charge < -0.3 is 5.32 Å². The van der Waals surface area contributed by atoms with Crippen molar-refractivity contribution >= 4 is 16.7 Å². The van der Waals surface area contributed by atoms with Crippen molar-refractivity contribution in [2.75, 3.05) is 6.26 Å². The van der Waals surface area contributed by atoms with Gasteiger partial charge in [-0.25, -0.2) is 0 Å². The van der Waals surface area contributed by atoms with Crippen LogP contribution in [-0.4, -0.2) is 16.4 Å². The molecule has 0 fully saturated rings. The Hall–Kier alpha value is -1.94. The zero-order valence-electron chi connectivity index (χ0n) is 11.5. The first-order chi connectivity index (χ1) is 9.58. The molecule has 0 aliphatic carbocycles. The molecule has 104 valence electrons. The van der Waals surface area contributed by atoms with Crippen LogP contribution in [0.4, 0.5) is 0 Å². The maximum Gasteiger partial charge on any atom is 0.251 e. The van der Waals surface area contributed by atoms with Crippen LogP contribution in [0.2, 0.25) is 0 Å². The Morgan fingerprint density at radius 1 is 1.05 bits per heavy atom. The van der Waals surface area contributed by atoms with Gasteiger partial charge in [0, 0.05) is 27.5 Å². The number of amides is 1. The molecule has 0 saturated heterocycles. The van der Waals surface area contributed by atoms with E-state index in [4.69, 9.17) is 0 Å². The second-order valence-electron chi connectivity index (χ2n) is 4.58. The van der Waals surface area contributed by atoms with Crippen LogP contribution >= 0.6 is 0 Å². The minimum Gasteiger partial charge on any atom is -0.346 e. The molecule has 4 heteroatoms. The lowest BCUT2D eigenvalue weighted by atomic mass is 10.1. The van der Waals surface area contributed by atoms with E-state index in [2.05, 4.69) is 5.32 Å². The van der Waals surface area contributed by atoms with Gasteiger partial charge in [0.05, 0.1) is 6.04 Å². The van der Waals surface area contributed by atoms with Gasteiger partial charge in [0.2, 0.25) is 0 Å². The molecule has 0 spiro atoms. The molecule has 2 rings (SSSR count). The SMILES string of the molecule is CC(NC(=O)c1ccc(S(C)=O)cc1)c1ccccc1. The van der Waals surface area contributed by atoms with Crippen molar-refractivity contribution in [2.24, 2.45) is 0 Å². The van der Waals surface area contributed by atoms with Crippen LogP contribution in [0.15, 0.2) is 59.5 Å². The van der Waals surface area contributed by atoms with E-state index in [1.54, 1.807) is 30.5 Å². The number of nitrogens with one attached hydrogen (secondary N) is 1. The minimum absolute atomic E-state index is 0.0521. The van der Waals surface area contributed by atoms with Crippen molar-refractivity contribution in [3.63, 3.8) is 0 Å². The third-order valence-electron chi connectivity index (χ3n) is 3.10. The Morgan fingerprint density at radius 3 is 2.20 bits per heavy atom. The van der Waals surface area contributed by atoms with E-state index in [1.807, 2.05) is 37.3 Å². The van der Waals surface area contributed by atoms with E-state index < -0.39 is 10.8 Å². The van der Waals surface area contributed by atoms with E-state index in [1.165, 1.54) is 0 Å². The molecule has 0 saturated carbocycles. The van der Waals surface area contributed by atoms with E-state index in [9.17, 15) is 9.00 Å². The highest BCUT2D eigenvalue weighted by atomic mass is 32.2. The molecule has 0 aromatic heterocycles. The van der Waals surface area contributed by atoms with Gasteiger partial charge in [-0.3, -0.25) is 9.00 Å². The van der Waals surface area contributed by atoms with Gasteiger partial charge in [0.1, 0.15) is 0 Å². The summed E-state index contributed by atoms with van der Waals surface area (Å²) >= 11 is 0. The number of hydrogen-bond acceptors (Lipinski definition) is 2. The molecule has 0 radical (unpaired) electrons. The normalized spacial score (nSPS) is 13.5. The predicted molar refractivity (Wildman–Crippen MR) is 81.1 cm³/mol. The van der Waals surface area contributed by atoms with Crippen molar-refractivity contribution in [1.29, 1.82) is 0 Å². The van der Waals surface area contributed by atoms with E-state index in [-0.39, 0.29) is 11.9 Å². The largest absolute Gasteiger partial charge is 0.346 e. The standard InChI is InChI=1S/C16H17NO2S/c1-12(13-6-4-3-5-7-13)17-16(18)14-8-10-15(11-9-14)20(2)19/h3-12H,1-2H3,(H,17,18). The third-order valence-corrected chi connectivity index (χ3v) is 4.03. The lowest BCUT2D eigenvalue weighted by Gasteiger charge is -2.14. The molecule has 1 amide bonds. The monoisotopic (exact) mass is 287 g/mol. The molecule has 3 nitrogen and oxygen atoms in total. The second-order valence-corrected chi connectivity index (χ2v) is 5.96. The van der Waals surface area contributed by atoms with Crippen LogP contribution in [0, 0.1) is 0 Å². The molecule has 0 aliphatic heterocycles. The van der Waals surface area contributed by atoms with Gasteiger partial charge in [-0.15, -0.1) is 0 Å². The summed E-state index contributed by atoms with van der Waals surface area (Å²) in [5.74, 6) is -0.130. The molecule has 2 aromatic carbocycles. The van der Waals surface area contributed by atoms with Gasteiger partial charge in [0.15, 0.2) is 0 Å². The first kappa shape index (κ1) is 14.5. The predicted octanol–water partition coefficient (Wildman–Crippen LogP) is 2.92. The summed E-state index contributed by atoms with van der Waals surface area (Å²) in [6, 6.07) is 16.6. The average molecular weight is 287 g/mol. The van der Waals surface area contributed by atoms with Crippen molar-refractivity contribution < 1.29 is 9.00 Å². The first-order valence-electron chi connectivity index (χ1n) is 6.37. The summed E-state index contributed by atoms with van der Waals surface area (Å²) in [7, 11) is -1.02. The number of carbonyl (C=O) groups excluding carboxylic acids is 1. The quantitative estimate of drug-likeness (QED) is 0.940. The molecule has 1 N–H and O–H groups in total. The lowest BCUT2D eigenvalue weighted by Crippen LogP contribution is -2.26. The summed E-state index contributed by atoms with van der Waals surface area (Å²) in [6.07, 6.45) is 1.62. The fourth-order valence-electron chi connectivity index (χ4n) is 1.90. The molecule has 0 bridgehead atoms. The van der Waals surface area contributed by atoms with E-state index >= 15 is 0 Å². The highest BCUT2D eigenvalue weighted by Gasteiger charge is 2.11. The lowest BCUT2D eigenvalue weighted by molar-refractivity contribution is 0.0940. The fraction of sp³-hybridized carbons (Fsp3) is 0.188. The smallest absolute Gasteiger partial charge is 0.251 e. The van der Waals surface area contributed by atoms with Crippen LogP contribution in [0.3, 0.4) is 0 Å². The maximum atomic E-state index is 12.1. The number of hydrogen-bond donors (Lipinski definition) is 1. The van der Waals surface area contributed by atoms with Crippen LogP contribution in [0.25, 0.3) is 0 Å². The molecule has 2 atom stereocenters. The number of rotatable bonds is 4. The summed E-state index contributed by atoms with van der Waals surface area (Å²) in [4.78, 5) is 12.8. The van der Waals surface area contributed by atoms with Crippen molar-refractivity contribution in [2.45, 2.75) is 17.9 Å². The molecule has 0 heterocycles. The van der Waals surface area contributed by atoms with Crippen molar-refractivity contribution in [3.8, 4) is 0 Å². The van der Waals surface area contributed by atoms with Gasteiger partial charge in [-0.05, 0) is 36.8 Å². The Bertz CT molecular complexity index is 608. The topological polar surface area (TPSA) is 46.2 Å². The number of benzene rings is 2. The Labute approximate surface area is 121 Å². The summed E-state index contributed by atoms with van der Waals surface area (Å²) in [5.41, 5.74) is 1.63. The van der Waals surface area contributed by atoms with Gasteiger partial charge in [0.25, 0.3) is 5.91 Å². The summed E-state index contributed by atoms with van der Waals surface area (Å²) in [6.45, 7) is 1.95. The van der Waals surface area contributed by atoms with E-state index in [0.717, 1.165) is 10.5 Å². The zero-order valence-corrected chi connectivity index (χ0v) is 12.3. The molecule has 2 aromatic rings. The van der Waals surface area contributed by atoms with Crippen LogP contribution in [0.5, 0.6) is 0 Å². The van der Waals surface area contributed by atoms with Crippen LogP contribution in [0.1, 0.15) is 28.9 Å². The highest BCUT2D eigenvalue weighted by Crippen LogP contribution is 2.13. The van der Waals surface area contributed by atoms with Crippen LogP contribution < -0.4 is 5.32 Å². The Kier molecular flexibility index (Phi) is 4.69. The van der Waals surface area contributed by atoms with Gasteiger partial charge in [-0.2, -0.15) is 0 Å². The molecular formula is C16H17NO2S. The highest BCUT2D eigenvalue weighted by molar-refractivity contribution is 7.84. The average Bonchev–Trinajstić information content (AvgIpc) is 2.48. The zero-order chi connectivity index (χ0) is 14.5. The second kappa shape index (κ2) is 6.48. The summed E-state index contributed by atoms with van der Waals surface area (Å²) < 4.78 is 11.3. The molecule has 2 unspecified atom stereocenters. The first-order valence-corrected chi connectivity index (χ1v) is 7.93. The minimum atomic E-state index is -1.02. The Morgan fingerprint density at radius 2 is 1.65 bits per heavy atom. The van der Waals surface area contributed by atoms with Gasteiger partial charge in [-0.1, -0.05) is 30.3 Å². The Balaban J connectivity index is 2.06. The third kappa shape index (κ3) is 3.54. The number of carbonyl (C=O) groups is 1. The molecule has 0 aliphatic rings. The van der Waals surface area contributed by atoms with Crippen molar-refractivity contribution in [3.05, 3.63) is 65.7 Å².